The minimum Gasteiger partial charge on any atom is -0.504 e. The van der Waals surface area contributed by atoms with Crippen LogP contribution in [0.4, 0.5) is 0 Å². The molecule has 2 aromatic rings. The van der Waals surface area contributed by atoms with Gasteiger partial charge in [-0.2, -0.15) is 0 Å². The molecule has 8 heteroatoms. The van der Waals surface area contributed by atoms with Crippen LogP contribution in [0.5, 0.6) is 5.75 Å². The maximum atomic E-state index is 12.4. The number of hydrogen-bond acceptors (Lipinski definition) is 7. The van der Waals surface area contributed by atoms with Gasteiger partial charge in [-0.3, -0.25) is 4.79 Å². The molecule has 1 aliphatic rings. The first-order valence-corrected chi connectivity index (χ1v) is 8.72. The highest BCUT2D eigenvalue weighted by atomic mass is 35.5. The van der Waals surface area contributed by atoms with E-state index in [2.05, 4.69) is 0 Å². The molecule has 0 bridgehead atoms. The summed E-state index contributed by atoms with van der Waals surface area (Å²) < 4.78 is 14.9. The molecule has 7 nitrogen and oxygen atoms in total. The number of esters is 3. The topological polar surface area (TPSA) is 99.1 Å². The van der Waals surface area contributed by atoms with E-state index in [1.165, 1.54) is 50.4 Å². The molecule has 0 aliphatic carbocycles. The predicted molar refractivity (Wildman–Crippen MR) is 104 cm³/mol. The van der Waals surface area contributed by atoms with Gasteiger partial charge >= 0.3 is 17.9 Å². The summed E-state index contributed by atoms with van der Waals surface area (Å²) in [5.41, 5.74) is 0.409. The van der Waals surface area contributed by atoms with E-state index in [1.54, 1.807) is 12.1 Å². The molecule has 0 unspecified atom stereocenters. The summed E-state index contributed by atoms with van der Waals surface area (Å²) in [4.78, 5) is 35.8. The number of aliphatic hydroxyl groups is 1. The second-order valence-electron chi connectivity index (χ2n) is 5.93. The number of carbonyl (C=O) groups is 3. The molecular formula is C21H15ClO7. The standard InChI is InChI=1S/C21H15ClO7/c1-11(23)28-15-9-5-12(6-10-15)16-18(24)19(29-21(16)26)17(20(25)27-2)13-3-7-14(22)8-4-13/h3-10,24H,1-2H3/b19-17+. The van der Waals surface area contributed by atoms with E-state index in [1.807, 2.05) is 0 Å². The van der Waals surface area contributed by atoms with Gasteiger partial charge in [-0.05, 0) is 35.4 Å². The smallest absolute Gasteiger partial charge is 0.348 e. The molecule has 1 aliphatic heterocycles. The third kappa shape index (κ3) is 4.14. The Balaban J connectivity index is 2.10. The fourth-order valence-electron chi connectivity index (χ4n) is 2.74. The van der Waals surface area contributed by atoms with Crippen molar-refractivity contribution >= 4 is 40.7 Å². The Kier molecular flexibility index (Phi) is 5.70. The van der Waals surface area contributed by atoms with Crippen molar-refractivity contribution in [3.8, 4) is 5.75 Å². The van der Waals surface area contributed by atoms with Crippen LogP contribution in [0.1, 0.15) is 18.1 Å². The molecule has 0 saturated carbocycles. The molecule has 0 fully saturated rings. The van der Waals surface area contributed by atoms with Crippen molar-refractivity contribution in [2.45, 2.75) is 6.92 Å². The number of aliphatic hydroxyl groups excluding tert-OH is 1. The number of ether oxygens (including phenoxy) is 3. The van der Waals surface area contributed by atoms with Crippen LogP contribution in [-0.2, 0) is 23.9 Å². The maximum absolute atomic E-state index is 12.4. The van der Waals surface area contributed by atoms with Gasteiger partial charge in [0.25, 0.3) is 0 Å². The molecule has 0 saturated heterocycles. The molecule has 148 valence electrons. The van der Waals surface area contributed by atoms with Crippen molar-refractivity contribution in [2.24, 2.45) is 0 Å². The van der Waals surface area contributed by atoms with Crippen LogP contribution in [0.25, 0.3) is 11.1 Å². The van der Waals surface area contributed by atoms with Gasteiger partial charge in [-0.25, -0.2) is 9.59 Å². The average molecular weight is 415 g/mol. The summed E-state index contributed by atoms with van der Waals surface area (Å²) >= 11 is 5.88. The second kappa shape index (κ2) is 8.20. The van der Waals surface area contributed by atoms with Crippen LogP contribution >= 0.6 is 11.6 Å². The highest BCUT2D eigenvalue weighted by Crippen LogP contribution is 2.37. The van der Waals surface area contributed by atoms with E-state index in [0.717, 1.165) is 0 Å². The summed E-state index contributed by atoms with van der Waals surface area (Å²) in [6.45, 7) is 1.26. The Morgan fingerprint density at radius 1 is 1.03 bits per heavy atom. The van der Waals surface area contributed by atoms with Crippen LogP contribution in [0, 0.1) is 0 Å². The summed E-state index contributed by atoms with van der Waals surface area (Å²) in [5.74, 6) is -2.68. The van der Waals surface area contributed by atoms with E-state index in [4.69, 9.17) is 25.8 Å². The Bertz CT molecular complexity index is 1050. The number of hydrogen-bond donors (Lipinski definition) is 1. The number of methoxy groups -OCH3 is 1. The SMILES string of the molecule is COC(=O)/C(=C1/OC(=O)C(c2ccc(OC(C)=O)cc2)=C1O)c1ccc(Cl)cc1. The van der Waals surface area contributed by atoms with Crippen molar-refractivity contribution < 1.29 is 33.7 Å². The van der Waals surface area contributed by atoms with Crippen molar-refractivity contribution in [2.75, 3.05) is 7.11 Å². The second-order valence-corrected chi connectivity index (χ2v) is 6.37. The van der Waals surface area contributed by atoms with Crippen molar-refractivity contribution in [3.63, 3.8) is 0 Å². The number of benzene rings is 2. The number of rotatable bonds is 4. The van der Waals surface area contributed by atoms with Crippen LogP contribution < -0.4 is 4.74 Å². The highest BCUT2D eigenvalue weighted by molar-refractivity contribution is 6.31. The molecule has 1 N–H and O–H groups in total. The molecule has 29 heavy (non-hydrogen) atoms. The monoisotopic (exact) mass is 414 g/mol. The first-order valence-electron chi connectivity index (χ1n) is 8.35. The van der Waals surface area contributed by atoms with Gasteiger partial charge in [0.15, 0.2) is 11.5 Å². The zero-order valence-corrected chi connectivity index (χ0v) is 16.1. The lowest BCUT2D eigenvalue weighted by Crippen LogP contribution is -2.09. The normalized spacial score (nSPS) is 15.1. The van der Waals surface area contributed by atoms with Crippen LogP contribution in [0.2, 0.25) is 5.02 Å². The van der Waals surface area contributed by atoms with Gasteiger partial charge < -0.3 is 19.3 Å². The minimum absolute atomic E-state index is 0.124. The van der Waals surface area contributed by atoms with Crippen LogP contribution in [-0.4, -0.2) is 30.1 Å². The molecule has 0 aromatic heterocycles. The fraction of sp³-hybridized carbons (Fsp3) is 0.0952. The summed E-state index contributed by atoms with van der Waals surface area (Å²) in [6, 6.07) is 12.1. The van der Waals surface area contributed by atoms with E-state index < -0.39 is 23.7 Å². The van der Waals surface area contributed by atoms with Gasteiger partial charge in [0.1, 0.15) is 16.9 Å². The van der Waals surface area contributed by atoms with Gasteiger partial charge in [-0.15, -0.1) is 0 Å². The highest BCUT2D eigenvalue weighted by Gasteiger charge is 2.36. The van der Waals surface area contributed by atoms with Gasteiger partial charge in [0, 0.05) is 11.9 Å². The third-order valence-corrected chi connectivity index (χ3v) is 4.26. The Morgan fingerprint density at radius 3 is 2.21 bits per heavy atom. The zero-order valence-electron chi connectivity index (χ0n) is 15.4. The first kappa shape index (κ1) is 20.2. The molecule has 2 aromatic carbocycles. The average Bonchev–Trinajstić information content (AvgIpc) is 2.97. The van der Waals surface area contributed by atoms with Gasteiger partial charge in [-0.1, -0.05) is 35.9 Å². The third-order valence-electron chi connectivity index (χ3n) is 4.00. The van der Waals surface area contributed by atoms with Crippen molar-refractivity contribution in [3.05, 3.63) is 76.2 Å². The number of cyclic esters (lactones) is 1. The predicted octanol–water partition coefficient (Wildman–Crippen LogP) is 3.68. The Hall–Kier alpha value is -3.58. The number of halogens is 1. The molecule has 3 rings (SSSR count). The largest absolute Gasteiger partial charge is 0.504 e. The van der Waals surface area contributed by atoms with E-state index in [9.17, 15) is 19.5 Å². The van der Waals surface area contributed by atoms with E-state index in [-0.39, 0.29) is 22.7 Å². The lowest BCUT2D eigenvalue weighted by molar-refractivity contribution is -0.134. The quantitative estimate of drug-likeness (QED) is 0.463. The lowest BCUT2D eigenvalue weighted by Gasteiger charge is -2.09. The summed E-state index contributed by atoms with van der Waals surface area (Å²) in [6.07, 6.45) is 0. The van der Waals surface area contributed by atoms with Crippen molar-refractivity contribution in [1.82, 2.24) is 0 Å². The van der Waals surface area contributed by atoms with E-state index in [0.29, 0.717) is 16.1 Å². The lowest BCUT2D eigenvalue weighted by atomic mass is 10.0. The molecule has 0 spiro atoms. The molecule has 0 radical (unpaired) electrons. The molecule has 0 atom stereocenters. The van der Waals surface area contributed by atoms with Crippen molar-refractivity contribution in [1.29, 1.82) is 0 Å². The van der Waals surface area contributed by atoms with Crippen LogP contribution in [0.15, 0.2) is 60.0 Å². The Morgan fingerprint density at radius 2 is 1.66 bits per heavy atom. The van der Waals surface area contributed by atoms with Gasteiger partial charge in [0.05, 0.1) is 7.11 Å². The molecular weight excluding hydrogens is 400 g/mol. The Labute approximate surface area is 170 Å². The summed E-state index contributed by atoms with van der Waals surface area (Å²) in [5, 5.41) is 11.1. The number of carbonyl (C=O) groups excluding carboxylic acids is 3. The molecule has 1 heterocycles. The van der Waals surface area contributed by atoms with Gasteiger partial charge in [0.2, 0.25) is 0 Å². The zero-order chi connectivity index (χ0) is 21.1. The fourth-order valence-corrected chi connectivity index (χ4v) is 2.87. The molecule has 0 amide bonds. The van der Waals surface area contributed by atoms with E-state index >= 15 is 0 Å². The maximum Gasteiger partial charge on any atom is 0.348 e. The summed E-state index contributed by atoms with van der Waals surface area (Å²) in [7, 11) is 1.17. The van der Waals surface area contributed by atoms with Crippen LogP contribution in [0.3, 0.4) is 0 Å². The minimum atomic E-state index is -0.840. The first-order chi connectivity index (χ1) is 13.8.